The van der Waals surface area contributed by atoms with Crippen molar-refractivity contribution < 1.29 is 9.59 Å². The number of hydrogen-bond acceptors (Lipinski definition) is 4. The van der Waals surface area contributed by atoms with E-state index in [4.69, 9.17) is 11.5 Å². The predicted octanol–water partition coefficient (Wildman–Crippen LogP) is 0.0213. The molecule has 1 aromatic rings. The number of rotatable bonds is 6. The molecule has 0 aliphatic carbocycles. The summed E-state index contributed by atoms with van der Waals surface area (Å²) in [4.78, 5) is 28.8. The standard InChI is InChI=1S/C13H20N4O2/c1-9(2)17(8-10-5-3-4-6-16-10)13(19)11(14)7-12(15)18/h3-6,9,11H,7-8,14H2,1-2H3,(H2,15,18). The Labute approximate surface area is 112 Å². The van der Waals surface area contributed by atoms with Crippen LogP contribution in [0.1, 0.15) is 26.0 Å². The summed E-state index contributed by atoms with van der Waals surface area (Å²) in [5.74, 6) is -0.873. The summed E-state index contributed by atoms with van der Waals surface area (Å²) >= 11 is 0. The SMILES string of the molecule is CC(C)N(Cc1ccccn1)C(=O)C(N)CC(N)=O. The smallest absolute Gasteiger partial charge is 0.240 e. The summed E-state index contributed by atoms with van der Waals surface area (Å²) < 4.78 is 0. The van der Waals surface area contributed by atoms with Crippen LogP contribution in [0.15, 0.2) is 24.4 Å². The third-order valence-corrected chi connectivity index (χ3v) is 2.70. The Morgan fingerprint density at radius 2 is 2.05 bits per heavy atom. The summed E-state index contributed by atoms with van der Waals surface area (Å²) in [6, 6.07) is 4.57. The number of amides is 2. The molecule has 0 aromatic carbocycles. The number of hydrogen-bond donors (Lipinski definition) is 2. The van der Waals surface area contributed by atoms with E-state index in [1.54, 1.807) is 11.1 Å². The van der Waals surface area contributed by atoms with Crippen LogP contribution in [0.25, 0.3) is 0 Å². The summed E-state index contributed by atoms with van der Waals surface area (Å²) in [5.41, 5.74) is 11.5. The second-order valence-electron chi connectivity index (χ2n) is 4.66. The molecule has 1 atom stereocenters. The fourth-order valence-corrected chi connectivity index (χ4v) is 1.70. The lowest BCUT2D eigenvalue weighted by atomic mass is 10.1. The first-order chi connectivity index (χ1) is 8.91. The van der Waals surface area contributed by atoms with E-state index in [0.29, 0.717) is 6.54 Å². The van der Waals surface area contributed by atoms with Crippen LogP contribution < -0.4 is 11.5 Å². The van der Waals surface area contributed by atoms with E-state index < -0.39 is 11.9 Å². The minimum Gasteiger partial charge on any atom is -0.370 e. The molecule has 4 N–H and O–H groups in total. The van der Waals surface area contributed by atoms with E-state index in [1.807, 2.05) is 32.0 Å². The second-order valence-corrected chi connectivity index (χ2v) is 4.66. The van der Waals surface area contributed by atoms with Crippen molar-refractivity contribution in [2.45, 2.75) is 38.9 Å². The molecular formula is C13H20N4O2. The molecule has 1 aromatic heterocycles. The van der Waals surface area contributed by atoms with Gasteiger partial charge in [0.15, 0.2) is 0 Å². The molecule has 6 heteroatoms. The average Bonchev–Trinajstić information content (AvgIpc) is 2.35. The lowest BCUT2D eigenvalue weighted by molar-refractivity contribution is -0.136. The van der Waals surface area contributed by atoms with Gasteiger partial charge in [-0.2, -0.15) is 0 Å². The third-order valence-electron chi connectivity index (χ3n) is 2.70. The van der Waals surface area contributed by atoms with Gasteiger partial charge in [-0.15, -0.1) is 0 Å². The van der Waals surface area contributed by atoms with Gasteiger partial charge >= 0.3 is 0 Å². The summed E-state index contributed by atoms with van der Waals surface area (Å²) in [6.45, 7) is 4.14. The van der Waals surface area contributed by atoms with Gasteiger partial charge in [-0.3, -0.25) is 14.6 Å². The highest BCUT2D eigenvalue weighted by atomic mass is 16.2. The molecule has 0 fully saturated rings. The molecule has 2 amide bonds. The quantitative estimate of drug-likeness (QED) is 0.756. The number of pyridine rings is 1. The van der Waals surface area contributed by atoms with Crippen LogP contribution in [0.5, 0.6) is 0 Å². The number of nitrogens with zero attached hydrogens (tertiary/aromatic N) is 2. The molecule has 0 saturated heterocycles. The van der Waals surface area contributed by atoms with Crippen molar-refractivity contribution in [1.82, 2.24) is 9.88 Å². The number of carbonyl (C=O) groups excluding carboxylic acids is 2. The van der Waals surface area contributed by atoms with Gasteiger partial charge in [0.1, 0.15) is 0 Å². The summed E-state index contributed by atoms with van der Waals surface area (Å²) in [6.07, 6.45) is 1.52. The largest absolute Gasteiger partial charge is 0.370 e. The first-order valence-electron chi connectivity index (χ1n) is 6.16. The zero-order valence-corrected chi connectivity index (χ0v) is 11.2. The first-order valence-corrected chi connectivity index (χ1v) is 6.16. The Bertz CT molecular complexity index is 434. The molecular weight excluding hydrogens is 244 g/mol. The Morgan fingerprint density at radius 3 is 2.53 bits per heavy atom. The normalized spacial score (nSPS) is 12.2. The van der Waals surface area contributed by atoms with Crippen molar-refractivity contribution in [2.24, 2.45) is 11.5 Å². The predicted molar refractivity (Wildman–Crippen MR) is 71.7 cm³/mol. The van der Waals surface area contributed by atoms with E-state index in [2.05, 4.69) is 4.98 Å². The Balaban J connectivity index is 2.77. The topological polar surface area (TPSA) is 102 Å². The van der Waals surface area contributed by atoms with Crippen LogP contribution in [-0.2, 0) is 16.1 Å². The number of aromatic nitrogens is 1. The molecule has 1 unspecified atom stereocenters. The van der Waals surface area contributed by atoms with Crippen LogP contribution in [0.2, 0.25) is 0 Å². The molecule has 0 saturated carbocycles. The minimum absolute atomic E-state index is 0.0339. The fourth-order valence-electron chi connectivity index (χ4n) is 1.70. The molecule has 1 heterocycles. The number of primary amides is 1. The molecule has 0 aliphatic rings. The molecule has 19 heavy (non-hydrogen) atoms. The maximum Gasteiger partial charge on any atom is 0.240 e. The van der Waals surface area contributed by atoms with E-state index >= 15 is 0 Å². The van der Waals surface area contributed by atoms with Crippen molar-refractivity contribution in [3.05, 3.63) is 30.1 Å². The van der Waals surface area contributed by atoms with Crippen molar-refractivity contribution >= 4 is 11.8 Å². The molecule has 1 rings (SSSR count). The van der Waals surface area contributed by atoms with E-state index in [0.717, 1.165) is 5.69 Å². The lowest BCUT2D eigenvalue weighted by Gasteiger charge is -2.28. The van der Waals surface area contributed by atoms with Gasteiger partial charge in [-0.25, -0.2) is 0 Å². The summed E-state index contributed by atoms with van der Waals surface area (Å²) in [5, 5.41) is 0. The third kappa shape index (κ3) is 4.67. The van der Waals surface area contributed by atoms with E-state index in [-0.39, 0.29) is 18.4 Å². The zero-order valence-electron chi connectivity index (χ0n) is 11.2. The molecule has 0 aliphatic heterocycles. The Hall–Kier alpha value is -1.95. The van der Waals surface area contributed by atoms with E-state index in [1.165, 1.54) is 0 Å². The highest BCUT2D eigenvalue weighted by molar-refractivity contribution is 5.87. The molecule has 104 valence electrons. The van der Waals surface area contributed by atoms with Gasteiger partial charge in [-0.1, -0.05) is 6.07 Å². The zero-order chi connectivity index (χ0) is 14.4. The fraction of sp³-hybridized carbons (Fsp3) is 0.462. The maximum absolute atomic E-state index is 12.2. The molecule has 0 radical (unpaired) electrons. The van der Waals surface area contributed by atoms with Crippen molar-refractivity contribution in [3.63, 3.8) is 0 Å². The van der Waals surface area contributed by atoms with Gasteiger partial charge in [-0.05, 0) is 26.0 Å². The maximum atomic E-state index is 12.2. The van der Waals surface area contributed by atoms with E-state index in [9.17, 15) is 9.59 Å². The molecule has 0 bridgehead atoms. The Morgan fingerprint density at radius 1 is 1.37 bits per heavy atom. The second kappa shape index (κ2) is 6.84. The number of nitrogens with two attached hydrogens (primary N) is 2. The van der Waals surface area contributed by atoms with Crippen molar-refractivity contribution in [3.8, 4) is 0 Å². The monoisotopic (exact) mass is 264 g/mol. The van der Waals surface area contributed by atoms with Crippen LogP contribution in [0.4, 0.5) is 0 Å². The van der Waals surface area contributed by atoms with Gasteiger partial charge in [0.2, 0.25) is 11.8 Å². The van der Waals surface area contributed by atoms with Gasteiger partial charge in [0, 0.05) is 12.2 Å². The van der Waals surface area contributed by atoms with Crippen molar-refractivity contribution in [1.29, 1.82) is 0 Å². The van der Waals surface area contributed by atoms with Crippen molar-refractivity contribution in [2.75, 3.05) is 0 Å². The van der Waals surface area contributed by atoms with Crippen LogP contribution in [0, 0.1) is 0 Å². The highest BCUT2D eigenvalue weighted by Crippen LogP contribution is 2.08. The number of carbonyl (C=O) groups is 2. The minimum atomic E-state index is -0.899. The first kappa shape index (κ1) is 15.1. The Kier molecular flexibility index (Phi) is 5.44. The van der Waals surface area contributed by atoms with Crippen LogP contribution >= 0.6 is 0 Å². The summed E-state index contributed by atoms with van der Waals surface area (Å²) in [7, 11) is 0. The highest BCUT2D eigenvalue weighted by Gasteiger charge is 2.24. The van der Waals surface area contributed by atoms with Gasteiger partial charge < -0.3 is 16.4 Å². The molecule has 0 spiro atoms. The van der Waals surface area contributed by atoms with Gasteiger partial charge in [0.05, 0.1) is 24.7 Å². The lowest BCUT2D eigenvalue weighted by Crippen LogP contribution is -2.48. The molecule has 6 nitrogen and oxygen atoms in total. The average molecular weight is 264 g/mol. The van der Waals surface area contributed by atoms with Crippen LogP contribution in [-0.4, -0.2) is 33.8 Å². The van der Waals surface area contributed by atoms with Crippen LogP contribution in [0.3, 0.4) is 0 Å². The van der Waals surface area contributed by atoms with Gasteiger partial charge in [0.25, 0.3) is 0 Å².